The van der Waals surface area contributed by atoms with Crippen LogP contribution in [0.2, 0.25) is 0 Å². The highest BCUT2D eigenvalue weighted by Crippen LogP contribution is 2.14. The molecule has 0 aliphatic carbocycles. The molecule has 11 heavy (non-hydrogen) atoms. The van der Waals surface area contributed by atoms with Gasteiger partial charge in [-0.25, -0.2) is 20.0 Å². The Labute approximate surface area is 62.4 Å². The molecular weight excluding hydrogens is 144 g/mol. The molecule has 0 aromatic carbocycles. The van der Waals surface area contributed by atoms with Crippen molar-refractivity contribution in [2.75, 3.05) is 0 Å². The summed E-state index contributed by atoms with van der Waals surface area (Å²) < 4.78 is 0. The number of rotatable bonds is 0. The maximum atomic E-state index is 5.67. The van der Waals surface area contributed by atoms with Gasteiger partial charge in [-0.3, -0.25) is 5.73 Å². The molecule has 0 radical (unpaired) electrons. The summed E-state index contributed by atoms with van der Waals surface area (Å²) in [6.45, 7) is 0. The summed E-state index contributed by atoms with van der Waals surface area (Å²) >= 11 is 0. The molecule has 6 nitrogen and oxygen atoms in total. The van der Waals surface area contributed by atoms with Crippen LogP contribution in [0.15, 0.2) is 20.0 Å². The lowest BCUT2D eigenvalue weighted by Gasteiger charge is -2.19. The van der Waals surface area contributed by atoms with Gasteiger partial charge in [0.25, 0.3) is 5.79 Å². The molecule has 0 fully saturated rings. The van der Waals surface area contributed by atoms with Crippen molar-refractivity contribution in [1.82, 2.24) is 0 Å². The predicted octanol–water partition coefficient (Wildman–Crippen LogP) is -1.52. The molecular formula is C5H6N6. The van der Waals surface area contributed by atoms with Crippen molar-refractivity contribution < 1.29 is 0 Å². The second-order valence-corrected chi connectivity index (χ2v) is 2.21. The van der Waals surface area contributed by atoms with Gasteiger partial charge in [0, 0.05) is 0 Å². The normalized spacial score (nSPS) is 33.2. The first-order valence-corrected chi connectivity index (χ1v) is 3.00. The van der Waals surface area contributed by atoms with Crippen LogP contribution in [0.3, 0.4) is 0 Å². The van der Waals surface area contributed by atoms with Crippen LogP contribution in [0.5, 0.6) is 0 Å². The van der Waals surface area contributed by atoms with Crippen molar-refractivity contribution in [1.29, 1.82) is 0 Å². The van der Waals surface area contributed by atoms with E-state index in [4.69, 9.17) is 11.5 Å². The largest absolute Gasteiger partial charge is 0.382 e. The van der Waals surface area contributed by atoms with Gasteiger partial charge in [0.15, 0.2) is 5.84 Å². The number of nitrogens with zero attached hydrogens (tertiary/aromatic N) is 4. The van der Waals surface area contributed by atoms with E-state index in [1.165, 1.54) is 12.7 Å². The second kappa shape index (κ2) is 1.73. The molecule has 0 aromatic heterocycles. The molecule has 1 atom stereocenters. The SMILES string of the molecule is NC1=NC=NC2(N)N=CN=C12. The van der Waals surface area contributed by atoms with Crippen LogP contribution in [-0.4, -0.2) is 30.0 Å². The summed E-state index contributed by atoms with van der Waals surface area (Å²) in [6.07, 6.45) is 2.62. The van der Waals surface area contributed by atoms with Gasteiger partial charge in [0.1, 0.15) is 18.4 Å². The highest BCUT2D eigenvalue weighted by Gasteiger charge is 2.36. The van der Waals surface area contributed by atoms with Crippen molar-refractivity contribution in [3.8, 4) is 0 Å². The Morgan fingerprint density at radius 2 is 1.82 bits per heavy atom. The molecule has 56 valence electrons. The number of hydrogen-bond acceptors (Lipinski definition) is 6. The van der Waals surface area contributed by atoms with Gasteiger partial charge in [-0.1, -0.05) is 0 Å². The smallest absolute Gasteiger partial charge is 0.252 e. The first-order chi connectivity index (χ1) is 5.22. The summed E-state index contributed by atoms with van der Waals surface area (Å²) in [6, 6.07) is 0. The summed E-state index contributed by atoms with van der Waals surface area (Å²) in [5.74, 6) is -0.828. The Bertz CT molecular complexity index is 311. The minimum Gasteiger partial charge on any atom is -0.382 e. The van der Waals surface area contributed by atoms with Crippen molar-refractivity contribution in [2.45, 2.75) is 5.79 Å². The van der Waals surface area contributed by atoms with E-state index in [9.17, 15) is 0 Å². The van der Waals surface area contributed by atoms with Gasteiger partial charge in [0.2, 0.25) is 0 Å². The third-order valence-electron chi connectivity index (χ3n) is 1.48. The van der Waals surface area contributed by atoms with E-state index in [1.807, 2.05) is 0 Å². The minimum absolute atomic E-state index is 0.278. The van der Waals surface area contributed by atoms with Gasteiger partial charge >= 0.3 is 0 Å². The Morgan fingerprint density at radius 3 is 2.45 bits per heavy atom. The van der Waals surface area contributed by atoms with E-state index in [0.29, 0.717) is 5.71 Å². The molecule has 2 rings (SSSR count). The molecule has 6 heteroatoms. The van der Waals surface area contributed by atoms with Gasteiger partial charge in [-0.05, 0) is 0 Å². The van der Waals surface area contributed by atoms with Gasteiger partial charge in [0.05, 0.1) is 0 Å². The zero-order chi connectivity index (χ0) is 7.90. The van der Waals surface area contributed by atoms with Crippen LogP contribution in [0.1, 0.15) is 0 Å². The number of fused-ring (bicyclic) bond motifs is 1. The lowest BCUT2D eigenvalue weighted by Crippen LogP contribution is -2.50. The van der Waals surface area contributed by atoms with Crippen LogP contribution in [-0.2, 0) is 0 Å². The molecule has 0 spiro atoms. The van der Waals surface area contributed by atoms with Gasteiger partial charge in [-0.2, -0.15) is 0 Å². The highest BCUT2D eigenvalue weighted by molar-refractivity contribution is 6.47. The first-order valence-electron chi connectivity index (χ1n) is 3.00. The zero-order valence-electron chi connectivity index (χ0n) is 5.60. The number of nitrogens with two attached hydrogens (primary N) is 2. The molecule has 4 N–H and O–H groups in total. The molecule has 0 amide bonds. The molecule has 2 aliphatic heterocycles. The summed E-state index contributed by atoms with van der Waals surface area (Å²) in [5.41, 5.74) is 11.6. The van der Waals surface area contributed by atoms with E-state index in [0.717, 1.165) is 0 Å². The lowest BCUT2D eigenvalue weighted by molar-refractivity contribution is 0.649. The van der Waals surface area contributed by atoms with E-state index in [-0.39, 0.29) is 5.84 Å². The highest BCUT2D eigenvalue weighted by atomic mass is 15.3. The Balaban J connectivity index is 2.53. The molecule has 0 aromatic rings. The van der Waals surface area contributed by atoms with Crippen molar-refractivity contribution in [3.63, 3.8) is 0 Å². The molecule has 2 heterocycles. The Hall–Kier alpha value is -1.56. The lowest BCUT2D eigenvalue weighted by atomic mass is 10.2. The monoisotopic (exact) mass is 150 g/mol. The molecule has 1 unspecified atom stereocenters. The number of amidine groups is 1. The average Bonchev–Trinajstić information content (AvgIpc) is 2.31. The maximum Gasteiger partial charge on any atom is 0.252 e. The number of hydrogen-bond donors (Lipinski definition) is 2. The summed E-state index contributed by atoms with van der Waals surface area (Å²) in [4.78, 5) is 15.2. The van der Waals surface area contributed by atoms with Crippen molar-refractivity contribution in [2.24, 2.45) is 31.4 Å². The molecule has 0 saturated carbocycles. The molecule has 2 aliphatic rings. The minimum atomic E-state index is -1.11. The van der Waals surface area contributed by atoms with Crippen LogP contribution in [0.4, 0.5) is 0 Å². The van der Waals surface area contributed by atoms with Crippen LogP contribution >= 0.6 is 0 Å². The van der Waals surface area contributed by atoms with E-state index >= 15 is 0 Å². The third kappa shape index (κ3) is 0.695. The first kappa shape index (κ1) is 6.17. The van der Waals surface area contributed by atoms with Gasteiger partial charge < -0.3 is 5.73 Å². The van der Waals surface area contributed by atoms with Crippen LogP contribution in [0.25, 0.3) is 0 Å². The fraction of sp³-hybridized carbons (Fsp3) is 0.200. The van der Waals surface area contributed by atoms with E-state index in [2.05, 4.69) is 20.0 Å². The number of aliphatic imine (C=N–C) groups is 4. The van der Waals surface area contributed by atoms with Crippen molar-refractivity contribution >= 4 is 24.2 Å². The fourth-order valence-electron chi connectivity index (χ4n) is 0.920. The van der Waals surface area contributed by atoms with Crippen molar-refractivity contribution in [3.05, 3.63) is 0 Å². The molecule has 0 bridgehead atoms. The quantitative estimate of drug-likeness (QED) is 0.438. The maximum absolute atomic E-state index is 5.67. The van der Waals surface area contributed by atoms with Gasteiger partial charge in [-0.15, -0.1) is 0 Å². The summed E-state index contributed by atoms with van der Waals surface area (Å²) in [7, 11) is 0. The van der Waals surface area contributed by atoms with E-state index in [1.54, 1.807) is 0 Å². The van der Waals surface area contributed by atoms with Crippen LogP contribution in [0, 0.1) is 0 Å². The second-order valence-electron chi connectivity index (χ2n) is 2.21. The topological polar surface area (TPSA) is 101 Å². The third-order valence-corrected chi connectivity index (χ3v) is 1.48. The predicted molar refractivity (Wildman–Crippen MR) is 43.0 cm³/mol. The summed E-state index contributed by atoms with van der Waals surface area (Å²) in [5, 5.41) is 0. The Morgan fingerprint density at radius 1 is 1.18 bits per heavy atom. The van der Waals surface area contributed by atoms with E-state index < -0.39 is 5.79 Å². The fourth-order valence-corrected chi connectivity index (χ4v) is 0.920. The molecule has 0 saturated heterocycles. The Kier molecular flexibility index (Phi) is 0.970. The average molecular weight is 150 g/mol. The van der Waals surface area contributed by atoms with Crippen LogP contribution < -0.4 is 11.5 Å². The standard InChI is InChI=1S/C5H6N6/c6-4-3-5(7,10-1-8-3)11-2-9-4/h1-2H,7H2,(H2,6,9,11). The zero-order valence-corrected chi connectivity index (χ0v) is 5.60.